The maximum atomic E-state index is 14.9. The SMILES string of the molecule is C=CC(=O)N1C[C@@H]2CCCN2c2cc(N3CCC4(CC3)C[C@@H](CC(=O)N[C@H](Cc3ccc(F)c(F)c3)c3nnc(C)o3)c3ccc(F)cc34)cc(OC)c21. The number of benzene rings is 3. The number of halogens is 3. The maximum Gasteiger partial charge on any atom is 0.250 e. The molecule has 1 aromatic heterocycles. The van der Waals surface area contributed by atoms with Gasteiger partial charge in [0.25, 0.3) is 5.91 Å². The van der Waals surface area contributed by atoms with Gasteiger partial charge in [-0.3, -0.25) is 9.59 Å². The van der Waals surface area contributed by atoms with Crippen molar-refractivity contribution in [2.75, 3.05) is 48.0 Å². The van der Waals surface area contributed by atoms with Gasteiger partial charge in [-0.2, -0.15) is 0 Å². The zero-order chi connectivity index (χ0) is 37.7. The summed E-state index contributed by atoms with van der Waals surface area (Å²) < 4.78 is 54.2. The lowest BCUT2D eigenvalue weighted by Gasteiger charge is -2.44. The Balaban J connectivity index is 1.01. The Morgan fingerprint density at radius 1 is 1.07 bits per heavy atom. The van der Waals surface area contributed by atoms with Crippen molar-refractivity contribution in [1.29, 1.82) is 0 Å². The Bertz CT molecular complexity index is 2110. The predicted octanol–water partition coefficient (Wildman–Crippen LogP) is 6.82. The average molecular weight is 741 g/mol. The molecule has 1 spiro atoms. The summed E-state index contributed by atoms with van der Waals surface area (Å²) >= 11 is 0. The molecule has 0 radical (unpaired) electrons. The number of hydrogen-bond acceptors (Lipinski definition) is 8. The highest BCUT2D eigenvalue weighted by atomic mass is 19.2. The molecule has 0 saturated carbocycles. The van der Waals surface area contributed by atoms with E-state index in [-0.39, 0.29) is 53.7 Å². The normalized spacial score (nSPS) is 20.4. The highest BCUT2D eigenvalue weighted by Gasteiger charge is 2.47. The van der Waals surface area contributed by atoms with Crippen LogP contribution in [0.1, 0.15) is 79.0 Å². The zero-order valence-corrected chi connectivity index (χ0v) is 30.4. The molecule has 3 aliphatic heterocycles. The fraction of sp³-hybridized carbons (Fsp3) is 0.415. The molecule has 0 unspecified atom stereocenters. The van der Waals surface area contributed by atoms with Crippen molar-refractivity contribution in [3.63, 3.8) is 0 Å². The van der Waals surface area contributed by atoms with Crippen molar-refractivity contribution in [2.45, 2.75) is 75.3 Å². The minimum Gasteiger partial charge on any atom is -0.494 e. The number of amides is 2. The largest absolute Gasteiger partial charge is 0.494 e. The Hall–Kier alpha value is -5.33. The van der Waals surface area contributed by atoms with Crippen molar-refractivity contribution < 1.29 is 31.9 Å². The third-order valence-corrected chi connectivity index (χ3v) is 11.8. The van der Waals surface area contributed by atoms with E-state index in [2.05, 4.69) is 38.0 Å². The average Bonchev–Trinajstić information content (AvgIpc) is 3.90. The van der Waals surface area contributed by atoms with Crippen LogP contribution in [0.15, 0.2) is 65.6 Å². The second-order valence-electron chi connectivity index (χ2n) is 15.0. The van der Waals surface area contributed by atoms with Crippen LogP contribution >= 0.6 is 0 Å². The number of methoxy groups -OCH3 is 1. The molecule has 4 aliphatic rings. The standard InChI is InChI=1S/C41H43F3N6O4/c1-4-38(52)50-23-28-6-5-13-49(28)35-20-29(21-36(53-3)39(35)50)48-14-11-41(12-15-48)22-26(30-9-8-27(42)19-31(30)41)18-37(51)45-34(40-47-46-24(2)54-40)17-25-7-10-32(43)33(44)16-25/h4,7-10,16,19-21,26,28,34H,1,5-6,11-15,17-18,22-23H2,2-3H3,(H,45,51)/t26-,28+,34-/m1/s1. The Labute approximate surface area is 312 Å². The molecule has 2 fully saturated rings. The molecule has 2 amide bonds. The quantitative estimate of drug-likeness (QED) is 0.187. The third kappa shape index (κ3) is 6.47. The molecular formula is C41H43F3N6O4. The van der Waals surface area contributed by atoms with E-state index in [0.29, 0.717) is 43.3 Å². The molecule has 10 nitrogen and oxygen atoms in total. The molecule has 4 heterocycles. The minimum atomic E-state index is -0.983. The molecule has 4 aromatic rings. The van der Waals surface area contributed by atoms with Crippen LogP contribution in [-0.2, 0) is 21.4 Å². The van der Waals surface area contributed by atoms with Crippen LogP contribution in [-0.4, -0.2) is 61.3 Å². The van der Waals surface area contributed by atoms with Crippen molar-refractivity contribution in [3.05, 3.63) is 107 Å². The lowest BCUT2D eigenvalue weighted by molar-refractivity contribution is -0.122. The number of anilines is 3. The molecule has 0 bridgehead atoms. The number of nitrogens with one attached hydrogen (secondary N) is 1. The van der Waals surface area contributed by atoms with E-state index >= 15 is 0 Å². The maximum absolute atomic E-state index is 14.9. The van der Waals surface area contributed by atoms with Crippen LogP contribution in [0.3, 0.4) is 0 Å². The number of ether oxygens (including phenoxy) is 1. The molecule has 1 aliphatic carbocycles. The van der Waals surface area contributed by atoms with E-state index in [1.54, 1.807) is 31.1 Å². The fourth-order valence-electron chi connectivity index (χ4n) is 9.28. The first-order valence-electron chi connectivity index (χ1n) is 18.6. The van der Waals surface area contributed by atoms with Crippen molar-refractivity contribution in [3.8, 4) is 5.75 Å². The Morgan fingerprint density at radius 2 is 1.89 bits per heavy atom. The molecule has 3 atom stereocenters. The second-order valence-corrected chi connectivity index (χ2v) is 15.0. The van der Waals surface area contributed by atoms with Crippen LogP contribution in [0.4, 0.5) is 30.2 Å². The zero-order valence-electron chi connectivity index (χ0n) is 30.4. The van der Waals surface area contributed by atoms with E-state index in [4.69, 9.17) is 9.15 Å². The van der Waals surface area contributed by atoms with Crippen LogP contribution in [0, 0.1) is 24.4 Å². The second kappa shape index (κ2) is 14.1. The van der Waals surface area contributed by atoms with Gasteiger partial charge < -0.3 is 29.2 Å². The first-order chi connectivity index (χ1) is 26.1. The predicted molar refractivity (Wildman–Crippen MR) is 197 cm³/mol. The molecule has 2 saturated heterocycles. The Kier molecular flexibility index (Phi) is 9.35. The number of carbonyl (C=O) groups excluding carboxylic acids is 2. The fourth-order valence-corrected chi connectivity index (χ4v) is 9.28. The van der Waals surface area contributed by atoms with Gasteiger partial charge in [-0.25, -0.2) is 13.2 Å². The summed E-state index contributed by atoms with van der Waals surface area (Å²) in [7, 11) is 1.63. The highest BCUT2D eigenvalue weighted by Crippen LogP contribution is 2.54. The van der Waals surface area contributed by atoms with E-state index in [1.807, 2.05) is 6.07 Å². The number of aromatic nitrogens is 2. The molecule has 282 valence electrons. The molecule has 3 aromatic carbocycles. The summed E-state index contributed by atoms with van der Waals surface area (Å²) in [4.78, 5) is 33.3. The number of piperidine rings is 1. The third-order valence-electron chi connectivity index (χ3n) is 11.8. The van der Waals surface area contributed by atoms with Gasteiger partial charge in [0, 0.05) is 63.7 Å². The van der Waals surface area contributed by atoms with E-state index in [9.17, 15) is 22.8 Å². The van der Waals surface area contributed by atoms with Gasteiger partial charge in [-0.05, 0) is 96.5 Å². The summed E-state index contributed by atoms with van der Waals surface area (Å²) in [5, 5.41) is 11.0. The lowest BCUT2D eigenvalue weighted by atomic mass is 9.73. The van der Waals surface area contributed by atoms with E-state index < -0.39 is 17.7 Å². The summed E-state index contributed by atoms with van der Waals surface area (Å²) in [6.45, 7) is 8.31. The van der Waals surface area contributed by atoms with Gasteiger partial charge in [-0.15, -0.1) is 10.2 Å². The topological polar surface area (TPSA) is 104 Å². The smallest absolute Gasteiger partial charge is 0.250 e. The molecule has 54 heavy (non-hydrogen) atoms. The van der Waals surface area contributed by atoms with Crippen molar-refractivity contribution in [1.82, 2.24) is 15.5 Å². The number of carbonyl (C=O) groups is 2. The Morgan fingerprint density at radius 3 is 2.61 bits per heavy atom. The number of rotatable bonds is 9. The van der Waals surface area contributed by atoms with E-state index in [0.717, 1.165) is 72.5 Å². The van der Waals surface area contributed by atoms with E-state index in [1.165, 1.54) is 18.2 Å². The van der Waals surface area contributed by atoms with Gasteiger partial charge >= 0.3 is 0 Å². The van der Waals surface area contributed by atoms with Crippen LogP contribution in [0.5, 0.6) is 5.75 Å². The summed E-state index contributed by atoms with van der Waals surface area (Å²) in [5.74, 6) is -1.70. The summed E-state index contributed by atoms with van der Waals surface area (Å²) in [6, 6.07) is 12.2. The molecule has 8 rings (SSSR count). The number of hydrogen-bond donors (Lipinski definition) is 1. The first-order valence-corrected chi connectivity index (χ1v) is 18.6. The number of fused-ring (bicyclic) bond motifs is 5. The summed E-state index contributed by atoms with van der Waals surface area (Å²) in [5.41, 5.74) is 4.84. The number of aryl methyl sites for hydroxylation is 1. The lowest BCUT2D eigenvalue weighted by Crippen LogP contribution is -2.48. The first kappa shape index (κ1) is 35.7. The summed E-state index contributed by atoms with van der Waals surface area (Å²) in [6.07, 6.45) is 5.88. The monoisotopic (exact) mass is 740 g/mol. The molecule has 13 heteroatoms. The van der Waals surface area contributed by atoms with Crippen LogP contribution in [0.2, 0.25) is 0 Å². The highest BCUT2D eigenvalue weighted by molar-refractivity contribution is 6.06. The van der Waals surface area contributed by atoms with Gasteiger partial charge in [0.2, 0.25) is 17.7 Å². The van der Waals surface area contributed by atoms with Gasteiger partial charge in [0.15, 0.2) is 11.6 Å². The van der Waals surface area contributed by atoms with Crippen LogP contribution < -0.4 is 24.8 Å². The molecular weight excluding hydrogens is 697 g/mol. The van der Waals surface area contributed by atoms with Gasteiger partial charge in [0.1, 0.15) is 23.3 Å². The van der Waals surface area contributed by atoms with Crippen molar-refractivity contribution in [2.24, 2.45) is 0 Å². The van der Waals surface area contributed by atoms with Gasteiger partial charge in [0.05, 0.1) is 12.8 Å². The van der Waals surface area contributed by atoms with Gasteiger partial charge in [-0.1, -0.05) is 18.7 Å². The van der Waals surface area contributed by atoms with Crippen molar-refractivity contribution >= 4 is 28.9 Å². The van der Waals surface area contributed by atoms with Crippen LogP contribution in [0.25, 0.3) is 0 Å². The minimum absolute atomic E-state index is 0.116. The molecule has 1 N–H and O–H groups in total. The number of nitrogens with zero attached hydrogens (tertiary/aromatic N) is 5.